The summed E-state index contributed by atoms with van der Waals surface area (Å²) >= 11 is 0. The molecule has 1 aromatic carbocycles. The topological polar surface area (TPSA) is 98.9 Å². The Morgan fingerprint density at radius 3 is 2.46 bits per heavy atom. The summed E-state index contributed by atoms with van der Waals surface area (Å²) in [4.78, 5) is 35.8. The van der Waals surface area contributed by atoms with Crippen molar-refractivity contribution in [2.45, 2.75) is 13.1 Å². The van der Waals surface area contributed by atoms with E-state index in [4.69, 9.17) is 0 Å². The second-order valence-corrected chi connectivity index (χ2v) is 5.54. The average molecular weight is 351 g/mol. The van der Waals surface area contributed by atoms with E-state index in [1.54, 1.807) is 6.07 Å². The Balaban J connectivity index is 1.66. The summed E-state index contributed by atoms with van der Waals surface area (Å²) in [5.41, 5.74) is 0.518. The molecule has 0 spiro atoms. The maximum Gasteiger partial charge on any atom is 0.271 e. The number of carbonyl (C=O) groups is 1. The third-order valence-corrected chi connectivity index (χ3v) is 3.67. The highest BCUT2D eigenvalue weighted by molar-refractivity contribution is 5.91. The Hall–Kier alpha value is -3.55. The molecule has 1 N–H and O–H groups in total. The zero-order chi connectivity index (χ0) is 18.4. The van der Waals surface area contributed by atoms with E-state index in [2.05, 4.69) is 15.5 Å². The van der Waals surface area contributed by atoms with Crippen LogP contribution in [0.15, 0.2) is 70.4 Å². The number of hydrogen-bond donors (Lipinski definition) is 1. The van der Waals surface area contributed by atoms with Crippen LogP contribution in [-0.4, -0.2) is 32.0 Å². The van der Waals surface area contributed by atoms with Crippen molar-refractivity contribution in [1.82, 2.24) is 24.9 Å². The van der Waals surface area contributed by atoms with Crippen LogP contribution in [0.5, 0.6) is 0 Å². The number of carbonyl (C=O) groups excluding carboxylic acids is 1. The van der Waals surface area contributed by atoms with Gasteiger partial charge in [-0.05, 0) is 17.7 Å². The quantitative estimate of drug-likeness (QED) is 0.688. The van der Waals surface area contributed by atoms with Crippen LogP contribution in [-0.2, 0) is 13.1 Å². The molecular weight excluding hydrogens is 334 g/mol. The molecule has 3 rings (SSSR count). The predicted octanol–water partition coefficient (Wildman–Crippen LogP) is 0.278. The first kappa shape index (κ1) is 17.3. The van der Waals surface area contributed by atoms with Gasteiger partial charge in [0.15, 0.2) is 0 Å². The van der Waals surface area contributed by atoms with Crippen LogP contribution in [0.25, 0.3) is 0 Å². The van der Waals surface area contributed by atoms with Gasteiger partial charge in [0, 0.05) is 24.9 Å². The highest BCUT2D eigenvalue weighted by Gasteiger charge is 2.10. The smallest absolute Gasteiger partial charge is 0.271 e. The van der Waals surface area contributed by atoms with Crippen molar-refractivity contribution in [1.29, 1.82) is 0 Å². The number of hydrogen-bond acceptors (Lipinski definition) is 5. The van der Waals surface area contributed by atoms with E-state index in [9.17, 15) is 14.4 Å². The normalized spacial score (nSPS) is 10.5. The summed E-state index contributed by atoms with van der Waals surface area (Å²) in [6.45, 7) is 0.744. The van der Waals surface area contributed by atoms with Gasteiger partial charge in [0.05, 0.1) is 13.1 Å². The molecule has 0 radical (unpaired) electrons. The van der Waals surface area contributed by atoms with Gasteiger partial charge in [0.2, 0.25) is 0 Å². The largest absolute Gasteiger partial charge is 0.349 e. The second-order valence-electron chi connectivity index (χ2n) is 5.54. The molecule has 0 unspecified atom stereocenters. The molecule has 132 valence electrons. The molecule has 0 aliphatic carbocycles. The Labute approximate surface area is 148 Å². The minimum atomic E-state index is -0.421. The first-order valence-corrected chi connectivity index (χ1v) is 8.06. The van der Waals surface area contributed by atoms with Gasteiger partial charge in [-0.15, -0.1) is 0 Å². The van der Waals surface area contributed by atoms with Gasteiger partial charge in [-0.3, -0.25) is 14.4 Å². The number of benzene rings is 1. The monoisotopic (exact) mass is 351 g/mol. The van der Waals surface area contributed by atoms with Gasteiger partial charge in [-0.1, -0.05) is 30.3 Å². The molecule has 0 saturated heterocycles. The van der Waals surface area contributed by atoms with E-state index in [0.29, 0.717) is 0 Å². The third-order valence-electron chi connectivity index (χ3n) is 3.67. The SMILES string of the molecule is O=C(NCCn1ncccc1=O)c1ccc(=O)n(Cc2ccccc2)n1. The van der Waals surface area contributed by atoms with Crippen molar-refractivity contribution in [3.63, 3.8) is 0 Å². The fourth-order valence-corrected chi connectivity index (χ4v) is 2.36. The first-order chi connectivity index (χ1) is 12.6. The van der Waals surface area contributed by atoms with Crippen molar-refractivity contribution < 1.29 is 4.79 Å². The molecular formula is C18H17N5O3. The Bertz CT molecular complexity index is 1010. The minimum Gasteiger partial charge on any atom is -0.349 e. The Kier molecular flexibility index (Phi) is 5.33. The lowest BCUT2D eigenvalue weighted by atomic mass is 10.2. The van der Waals surface area contributed by atoms with Gasteiger partial charge in [-0.25, -0.2) is 9.36 Å². The lowest BCUT2D eigenvalue weighted by Gasteiger charge is -2.08. The molecule has 2 heterocycles. The molecule has 26 heavy (non-hydrogen) atoms. The summed E-state index contributed by atoms with van der Waals surface area (Å²) < 4.78 is 2.50. The van der Waals surface area contributed by atoms with Gasteiger partial charge < -0.3 is 5.32 Å². The maximum atomic E-state index is 12.2. The van der Waals surface area contributed by atoms with Crippen molar-refractivity contribution in [2.75, 3.05) is 6.54 Å². The van der Waals surface area contributed by atoms with Gasteiger partial charge >= 0.3 is 0 Å². The molecule has 0 saturated carbocycles. The number of amides is 1. The van der Waals surface area contributed by atoms with E-state index < -0.39 is 5.91 Å². The van der Waals surface area contributed by atoms with Crippen molar-refractivity contribution in [3.05, 3.63) is 92.8 Å². The summed E-state index contributed by atoms with van der Waals surface area (Å²) in [5.74, 6) is -0.421. The lowest BCUT2D eigenvalue weighted by Crippen LogP contribution is -2.33. The highest BCUT2D eigenvalue weighted by Crippen LogP contribution is 2.00. The van der Waals surface area contributed by atoms with E-state index in [1.165, 1.54) is 33.8 Å². The standard InChI is InChI=1S/C18H17N5O3/c24-16-7-4-10-20-22(16)12-11-19-18(26)15-8-9-17(25)23(21-15)13-14-5-2-1-3-6-14/h1-10H,11-13H2,(H,19,26). The number of aromatic nitrogens is 4. The molecule has 0 fully saturated rings. The van der Waals surface area contributed by atoms with Crippen LogP contribution >= 0.6 is 0 Å². The van der Waals surface area contributed by atoms with Crippen LogP contribution in [0.4, 0.5) is 0 Å². The number of nitrogens with zero attached hydrogens (tertiary/aromatic N) is 4. The first-order valence-electron chi connectivity index (χ1n) is 8.06. The van der Waals surface area contributed by atoms with Crippen LogP contribution < -0.4 is 16.4 Å². The maximum absolute atomic E-state index is 12.2. The fraction of sp³-hybridized carbons (Fsp3) is 0.167. The van der Waals surface area contributed by atoms with Gasteiger partial charge in [0.25, 0.3) is 17.0 Å². The van der Waals surface area contributed by atoms with Crippen LogP contribution in [0.2, 0.25) is 0 Å². The van der Waals surface area contributed by atoms with E-state index >= 15 is 0 Å². The van der Waals surface area contributed by atoms with Crippen molar-refractivity contribution in [3.8, 4) is 0 Å². The molecule has 0 atom stereocenters. The fourth-order valence-electron chi connectivity index (χ4n) is 2.36. The molecule has 0 aliphatic rings. The zero-order valence-corrected chi connectivity index (χ0v) is 13.9. The molecule has 1 amide bonds. The molecule has 8 heteroatoms. The summed E-state index contributed by atoms with van der Waals surface area (Å²) in [5, 5.41) is 10.7. The zero-order valence-electron chi connectivity index (χ0n) is 13.9. The van der Waals surface area contributed by atoms with E-state index in [1.807, 2.05) is 30.3 Å². The average Bonchev–Trinajstić information content (AvgIpc) is 2.66. The van der Waals surface area contributed by atoms with E-state index in [0.717, 1.165) is 5.56 Å². The lowest BCUT2D eigenvalue weighted by molar-refractivity contribution is 0.0944. The molecule has 8 nitrogen and oxygen atoms in total. The molecule has 0 aliphatic heterocycles. The van der Waals surface area contributed by atoms with Crippen molar-refractivity contribution >= 4 is 5.91 Å². The van der Waals surface area contributed by atoms with Crippen molar-refractivity contribution in [2.24, 2.45) is 0 Å². The molecule has 3 aromatic rings. The van der Waals surface area contributed by atoms with Crippen LogP contribution in [0.3, 0.4) is 0 Å². The number of nitrogens with one attached hydrogen (secondary N) is 1. The van der Waals surface area contributed by atoms with Gasteiger partial charge in [0.1, 0.15) is 5.69 Å². The Morgan fingerprint density at radius 1 is 0.923 bits per heavy atom. The summed E-state index contributed by atoms with van der Waals surface area (Å²) in [6, 6.07) is 15.0. The van der Waals surface area contributed by atoms with E-state index in [-0.39, 0.29) is 36.4 Å². The second kappa shape index (κ2) is 8.02. The highest BCUT2D eigenvalue weighted by atomic mass is 16.2. The summed E-state index contributed by atoms with van der Waals surface area (Å²) in [6.07, 6.45) is 1.50. The van der Waals surface area contributed by atoms with Gasteiger partial charge in [-0.2, -0.15) is 10.2 Å². The molecule has 2 aromatic heterocycles. The van der Waals surface area contributed by atoms with Crippen LogP contribution in [0, 0.1) is 0 Å². The predicted molar refractivity (Wildman–Crippen MR) is 94.9 cm³/mol. The molecule has 0 bridgehead atoms. The summed E-state index contributed by atoms with van der Waals surface area (Å²) in [7, 11) is 0. The minimum absolute atomic E-state index is 0.133. The Morgan fingerprint density at radius 2 is 1.69 bits per heavy atom. The number of rotatable bonds is 6. The van der Waals surface area contributed by atoms with Crippen LogP contribution in [0.1, 0.15) is 16.1 Å². The third kappa shape index (κ3) is 4.29.